The van der Waals surface area contributed by atoms with Crippen LogP contribution in [0.1, 0.15) is 50.8 Å². The lowest BCUT2D eigenvalue weighted by atomic mass is 10.0. The average Bonchev–Trinajstić information content (AvgIpc) is 3.05. The van der Waals surface area contributed by atoms with E-state index >= 15 is 0 Å². The molecule has 1 fully saturated rings. The maximum absolute atomic E-state index is 12.6. The molecule has 1 heterocycles. The Bertz CT molecular complexity index is 656. The first-order valence-corrected chi connectivity index (χ1v) is 8.63. The van der Waals surface area contributed by atoms with Crippen molar-refractivity contribution in [2.75, 3.05) is 6.54 Å². The van der Waals surface area contributed by atoms with Crippen LogP contribution in [0.5, 0.6) is 0 Å². The third-order valence-electron chi connectivity index (χ3n) is 3.84. The van der Waals surface area contributed by atoms with Crippen molar-refractivity contribution in [3.05, 3.63) is 35.4 Å². The van der Waals surface area contributed by atoms with Crippen LogP contribution in [-0.4, -0.2) is 41.2 Å². The van der Waals surface area contributed by atoms with Crippen molar-refractivity contribution >= 4 is 17.9 Å². The Morgan fingerprint density at radius 2 is 1.88 bits per heavy atom. The summed E-state index contributed by atoms with van der Waals surface area (Å²) in [5.41, 5.74) is 0.309. The highest BCUT2D eigenvalue weighted by molar-refractivity contribution is 5.83. The number of carboxylic acid groups (broad SMARTS) is 1. The van der Waals surface area contributed by atoms with E-state index in [4.69, 9.17) is 14.6 Å². The minimum atomic E-state index is -1.19. The predicted molar refractivity (Wildman–Crippen MR) is 93.5 cm³/mol. The van der Waals surface area contributed by atoms with Crippen LogP contribution in [0.4, 0.5) is 0 Å². The Balaban J connectivity index is 2.19. The number of ether oxygens (including phenoxy) is 2. The van der Waals surface area contributed by atoms with Gasteiger partial charge in [-0.1, -0.05) is 24.3 Å². The van der Waals surface area contributed by atoms with Crippen LogP contribution in [0.3, 0.4) is 0 Å². The molecule has 142 valence electrons. The summed E-state index contributed by atoms with van der Waals surface area (Å²) in [4.78, 5) is 35.7. The number of benzene rings is 1. The molecule has 0 bridgehead atoms. The second-order valence-electron chi connectivity index (χ2n) is 7.31. The van der Waals surface area contributed by atoms with Crippen LogP contribution in [-0.2, 0) is 30.3 Å². The van der Waals surface area contributed by atoms with E-state index in [1.807, 2.05) is 0 Å². The van der Waals surface area contributed by atoms with Crippen molar-refractivity contribution in [3.63, 3.8) is 0 Å². The van der Waals surface area contributed by atoms with Crippen LogP contribution in [0.15, 0.2) is 24.3 Å². The molecule has 2 rings (SSSR count). The summed E-state index contributed by atoms with van der Waals surface area (Å²) in [6.07, 6.45) is 0.226. The fraction of sp³-hybridized carbons (Fsp3) is 0.526. The number of nitrogens with one attached hydrogen (secondary N) is 1. The molecule has 26 heavy (non-hydrogen) atoms. The van der Waals surface area contributed by atoms with Crippen molar-refractivity contribution in [3.8, 4) is 0 Å². The lowest BCUT2D eigenvalue weighted by molar-refractivity contribution is -0.177. The zero-order valence-electron chi connectivity index (χ0n) is 15.3. The molecule has 7 heteroatoms. The molecule has 2 N–H and O–H groups in total. The zero-order valence-corrected chi connectivity index (χ0v) is 15.3. The number of rotatable bonds is 6. The monoisotopic (exact) mass is 363 g/mol. The molecule has 7 nitrogen and oxygen atoms in total. The van der Waals surface area contributed by atoms with E-state index in [2.05, 4.69) is 5.32 Å². The van der Waals surface area contributed by atoms with Crippen LogP contribution >= 0.6 is 0 Å². The summed E-state index contributed by atoms with van der Waals surface area (Å²) >= 11 is 0. The van der Waals surface area contributed by atoms with Gasteiger partial charge in [0.15, 0.2) is 0 Å². The number of carbonyl (C=O) groups is 3. The topological polar surface area (TPSA) is 102 Å². The molecule has 1 saturated heterocycles. The highest BCUT2D eigenvalue weighted by Gasteiger charge is 2.33. The molecule has 2 atom stereocenters. The van der Waals surface area contributed by atoms with Crippen molar-refractivity contribution in [1.82, 2.24) is 5.32 Å². The summed E-state index contributed by atoms with van der Waals surface area (Å²) in [5.74, 6) is -2.09. The van der Waals surface area contributed by atoms with Crippen LogP contribution in [0.2, 0.25) is 0 Å². The molecular formula is C19H25NO6. The van der Waals surface area contributed by atoms with Gasteiger partial charge in [0.2, 0.25) is 6.10 Å². The molecule has 1 aliphatic rings. The van der Waals surface area contributed by atoms with Crippen molar-refractivity contribution in [2.45, 2.75) is 57.8 Å². The summed E-state index contributed by atoms with van der Waals surface area (Å²) in [7, 11) is 0. The highest BCUT2D eigenvalue weighted by atomic mass is 16.6. The molecule has 0 radical (unpaired) electrons. The maximum Gasteiger partial charge on any atom is 0.352 e. The fourth-order valence-electron chi connectivity index (χ4n) is 2.68. The Labute approximate surface area is 152 Å². The van der Waals surface area contributed by atoms with Crippen LogP contribution < -0.4 is 5.32 Å². The fourth-order valence-corrected chi connectivity index (χ4v) is 2.68. The van der Waals surface area contributed by atoms with Gasteiger partial charge in [-0.3, -0.25) is 9.59 Å². The Morgan fingerprint density at radius 1 is 1.23 bits per heavy atom. The van der Waals surface area contributed by atoms with Gasteiger partial charge in [0, 0.05) is 5.56 Å². The Morgan fingerprint density at radius 3 is 2.38 bits per heavy atom. The zero-order chi connectivity index (χ0) is 19.3. The molecule has 0 saturated carbocycles. The van der Waals surface area contributed by atoms with Gasteiger partial charge in [-0.15, -0.1) is 0 Å². The number of hydrogen-bond donors (Lipinski definition) is 2. The number of esters is 2. The van der Waals surface area contributed by atoms with E-state index in [1.54, 1.807) is 45.0 Å². The number of carboxylic acids is 1. The van der Waals surface area contributed by atoms with E-state index in [0.717, 1.165) is 13.0 Å². The molecule has 1 aromatic carbocycles. The normalized spacial score (nSPS) is 18.2. The minimum absolute atomic E-state index is 0.122. The third kappa shape index (κ3) is 5.84. The standard InChI is InChI=1S/C19H25NO6/c1-19(2,3)26-18(24)16(25-17(23)14-5-4-10-20-14)13-8-6-12(7-9-13)11-15(21)22/h6-9,14,16,20H,4-5,10-11H2,1-3H3,(H,21,22)/t14-,16?/m0/s1. The second-order valence-corrected chi connectivity index (χ2v) is 7.31. The predicted octanol–water partition coefficient (Wildman–Crippen LogP) is 1.99. The first kappa shape index (κ1) is 19.9. The molecule has 1 aromatic rings. The van der Waals surface area contributed by atoms with E-state index in [9.17, 15) is 14.4 Å². The van der Waals surface area contributed by atoms with E-state index in [-0.39, 0.29) is 6.42 Å². The lowest BCUT2D eigenvalue weighted by Gasteiger charge is -2.25. The van der Waals surface area contributed by atoms with Gasteiger partial charge in [0.25, 0.3) is 0 Å². The molecular weight excluding hydrogens is 338 g/mol. The first-order chi connectivity index (χ1) is 12.2. The minimum Gasteiger partial charge on any atom is -0.481 e. The molecule has 1 aliphatic heterocycles. The van der Waals surface area contributed by atoms with Crippen molar-refractivity contribution in [2.24, 2.45) is 0 Å². The van der Waals surface area contributed by atoms with E-state index < -0.39 is 35.7 Å². The van der Waals surface area contributed by atoms with E-state index in [1.165, 1.54) is 0 Å². The second kappa shape index (κ2) is 8.31. The van der Waals surface area contributed by atoms with Gasteiger partial charge < -0.3 is 19.9 Å². The summed E-state index contributed by atoms with van der Waals surface area (Å²) in [6, 6.07) is 5.95. The SMILES string of the molecule is CC(C)(C)OC(=O)C(OC(=O)[C@@H]1CCCN1)c1ccc(CC(=O)O)cc1. The third-order valence-corrected chi connectivity index (χ3v) is 3.84. The highest BCUT2D eigenvalue weighted by Crippen LogP contribution is 2.24. The van der Waals surface area contributed by atoms with Gasteiger partial charge in [-0.2, -0.15) is 0 Å². The van der Waals surface area contributed by atoms with E-state index in [0.29, 0.717) is 17.5 Å². The van der Waals surface area contributed by atoms with Gasteiger partial charge in [0.1, 0.15) is 11.6 Å². The van der Waals surface area contributed by atoms with Gasteiger partial charge in [-0.05, 0) is 45.7 Å². The number of aliphatic carboxylic acids is 1. The van der Waals surface area contributed by atoms with Gasteiger partial charge in [-0.25, -0.2) is 4.79 Å². The molecule has 1 unspecified atom stereocenters. The number of carbonyl (C=O) groups excluding carboxylic acids is 2. The van der Waals surface area contributed by atoms with Crippen LogP contribution in [0.25, 0.3) is 0 Å². The summed E-state index contributed by atoms with van der Waals surface area (Å²) in [5, 5.41) is 11.9. The molecule has 0 aliphatic carbocycles. The van der Waals surface area contributed by atoms with Gasteiger partial charge in [0.05, 0.1) is 6.42 Å². The maximum atomic E-state index is 12.6. The average molecular weight is 363 g/mol. The molecule has 0 amide bonds. The van der Waals surface area contributed by atoms with Crippen molar-refractivity contribution < 1.29 is 29.0 Å². The lowest BCUT2D eigenvalue weighted by Crippen LogP contribution is -2.36. The Kier molecular flexibility index (Phi) is 6.37. The quantitative estimate of drug-likeness (QED) is 0.745. The number of hydrogen-bond acceptors (Lipinski definition) is 6. The summed E-state index contributed by atoms with van der Waals surface area (Å²) in [6.45, 7) is 5.94. The van der Waals surface area contributed by atoms with Crippen molar-refractivity contribution in [1.29, 1.82) is 0 Å². The van der Waals surface area contributed by atoms with Gasteiger partial charge >= 0.3 is 17.9 Å². The largest absolute Gasteiger partial charge is 0.481 e. The summed E-state index contributed by atoms with van der Waals surface area (Å²) < 4.78 is 10.8. The first-order valence-electron chi connectivity index (χ1n) is 8.63. The smallest absolute Gasteiger partial charge is 0.352 e. The van der Waals surface area contributed by atoms with Crippen LogP contribution in [0, 0.1) is 0 Å². The molecule has 0 aromatic heterocycles. The Hall–Kier alpha value is -2.41. The molecule has 0 spiro atoms.